The van der Waals surface area contributed by atoms with E-state index in [2.05, 4.69) is 28.4 Å². The number of methoxy groups -OCH3 is 3. The van der Waals surface area contributed by atoms with Crippen molar-refractivity contribution >= 4 is 47.6 Å². The van der Waals surface area contributed by atoms with Gasteiger partial charge in [-0.05, 0) is 0 Å². The number of carbonyl (C=O) groups is 8. The van der Waals surface area contributed by atoms with Crippen LogP contribution in [-0.2, 0) is 95.2 Å². The molecule has 3 rings (SSSR count). The van der Waals surface area contributed by atoms with Crippen molar-refractivity contribution in [3.63, 3.8) is 0 Å². The van der Waals surface area contributed by atoms with E-state index in [1.165, 1.54) is 35.0 Å². The third-order valence-corrected chi connectivity index (χ3v) is 7.83. The van der Waals surface area contributed by atoms with Crippen LogP contribution in [0, 0.1) is 0 Å². The molecular formula is C35H56O27. The first-order valence-corrected chi connectivity index (χ1v) is 18.1. The van der Waals surface area contributed by atoms with Gasteiger partial charge in [-0.1, -0.05) is 0 Å². The SMILES string of the molecule is COC(=O)[C@H](OC(C)=O)[C@H](OC(C)=O)C(=O)COC(C)=O.COC1OC(CO)[C@@H](O)[C@H]1O.COC1OC(COC(C)=O)[C@@H](OC(C)=O)[C@H]1OC(C)=O.OCC1OC(O)[C@H](O)[C@@H]1O. The number of esters is 7. The number of hydrogen-bond acceptors (Lipinski definition) is 27. The van der Waals surface area contributed by atoms with Gasteiger partial charge >= 0.3 is 41.8 Å². The molecule has 0 aromatic rings. The minimum absolute atomic E-state index is 0.134. The maximum absolute atomic E-state index is 11.9. The van der Waals surface area contributed by atoms with Gasteiger partial charge in [0.2, 0.25) is 18.0 Å². The number of ether oxygens (including phenoxy) is 12. The molecule has 3 saturated heterocycles. The van der Waals surface area contributed by atoms with Gasteiger partial charge in [0, 0.05) is 55.8 Å². The van der Waals surface area contributed by atoms with Gasteiger partial charge in [0.1, 0.15) is 49.3 Å². The fourth-order valence-corrected chi connectivity index (χ4v) is 5.06. The van der Waals surface area contributed by atoms with Gasteiger partial charge in [-0.3, -0.25) is 33.6 Å². The molecule has 3 aliphatic heterocycles. The summed E-state index contributed by atoms with van der Waals surface area (Å²) in [5.74, 6) is -6.18. The maximum Gasteiger partial charge on any atom is 0.351 e. The highest BCUT2D eigenvalue weighted by atomic mass is 16.7. The van der Waals surface area contributed by atoms with E-state index in [0.717, 1.165) is 27.9 Å². The molecule has 27 heteroatoms. The number of aliphatic hydroxyl groups excluding tert-OH is 7. The fourth-order valence-electron chi connectivity index (χ4n) is 5.06. The molecule has 0 aromatic heterocycles. The lowest BCUT2D eigenvalue weighted by atomic mass is 10.1. The number of Topliss-reactive ketones (excluding diaryl/α,β-unsaturated/α-hetero) is 1. The molecule has 7 N–H and O–H groups in total. The summed E-state index contributed by atoms with van der Waals surface area (Å²) in [4.78, 5) is 89.2. The van der Waals surface area contributed by atoms with Crippen LogP contribution in [0.15, 0.2) is 0 Å². The zero-order chi connectivity index (χ0) is 48.0. The quantitative estimate of drug-likeness (QED) is 0.0595. The van der Waals surface area contributed by atoms with Crippen LogP contribution >= 0.6 is 0 Å². The van der Waals surface area contributed by atoms with Gasteiger partial charge in [-0.15, -0.1) is 0 Å². The molecule has 358 valence electrons. The fraction of sp³-hybridized carbons (Fsp3) is 0.771. The molecule has 3 fully saturated rings. The summed E-state index contributed by atoms with van der Waals surface area (Å²) < 4.78 is 57.8. The van der Waals surface area contributed by atoms with E-state index in [4.69, 9.17) is 64.2 Å². The van der Waals surface area contributed by atoms with E-state index < -0.39 is 147 Å². The van der Waals surface area contributed by atoms with Crippen molar-refractivity contribution in [2.45, 2.75) is 128 Å². The van der Waals surface area contributed by atoms with Crippen LogP contribution in [0.25, 0.3) is 0 Å². The van der Waals surface area contributed by atoms with E-state index in [-0.39, 0.29) is 13.2 Å². The monoisotopic (exact) mass is 908 g/mol. The first kappa shape index (κ1) is 57.5. The van der Waals surface area contributed by atoms with Gasteiger partial charge in [-0.25, -0.2) is 4.79 Å². The molecule has 6 unspecified atom stereocenters. The Morgan fingerprint density at radius 3 is 1.32 bits per heavy atom. The second kappa shape index (κ2) is 29.0. The summed E-state index contributed by atoms with van der Waals surface area (Å²) in [7, 11) is 3.72. The predicted octanol–water partition coefficient (Wildman–Crippen LogP) is -5.57. The van der Waals surface area contributed by atoms with Crippen molar-refractivity contribution in [3.05, 3.63) is 0 Å². The zero-order valence-electron chi connectivity index (χ0n) is 35.2. The smallest absolute Gasteiger partial charge is 0.351 e. The minimum atomic E-state index is -1.78. The average Bonchev–Trinajstić information content (AvgIpc) is 3.77. The molecule has 0 bridgehead atoms. The molecule has 62 heavy (non-hydrogen) atoms. The second-order valence-corrected chi connectivity index (χ2v) is 12.7. The summed E-state index contributed by atoms with van der Waals surface area (Å²) in [6, 6.07) is 0. The van der Waals surface area contributed by atoms with Crippen molar-refractivity contribution in [1.82, 2.24) is 0 Å². The number of aliphatic hydroxyl groups is 7. The highest BCUT2D eigenvalue weighted by Gasteiger charge is 2.50. The van der Waals surface area contributed by atoms with Crippen LogP contribution in [0.1, 0.15) is 41.5 Å². The lowest BCUT2D eigenvalue weighted by Gasteiger charge is -2.23. The average molecular weight is 909 g/mol. The Kier molecular flexibility index (Phi) is 26.8. The summed E-state index contributed by atoms with van der Waals surface area (Å²) >= 11 is 0. The van der Waals surface area contributed by atoms with Gasteiger partial charge in [0.05, 0.1) is 20.3 Å². The zero-order valence-corrected chi connectivity index (χ0v) is 35.2. The molecular weight excluding hydrogens is 852 g/mol. The topological polar surface area (TPSA) is 389 Å². The van der Waals surface area contributed by atoms with E-state index in [0.29, 0.717) is 0 Å². The Morgan fingerprint density at radius 2 is 0.968 bits per heavy atom. The van der Waals surface area contributed by atoms with E-state index >= 15 is 0 Å². The number of hydrogen-bond donors (Lipinski definition) is 7. The van der Waals surface area contributed by atoms with Crippen LogP contribution in [0.2, 0.25) is 0 Å². The third kappa shape index (κ3) is 19.7. The maximum atomic E-state index is 11.9. The van der Waals surface area contributed by atoms with Crippen molar-refractivity contribution in [2.75, 3.05) is 47.8 Å². The Hall–Kier alpha value is -4.52. The summed E-state index contributed by atoms with van der Waals surface area (Å²) in [5.41, 5.74) is 0. The Bertz CT molecular complexity index is 1440. The van der Waals surface area contributed by atoms with Crippen molar-refractivity contribution in [2.24, 2.45) is 0 Å². The Labute approximate surface area is 353 Å². The predicted molar refractivity (Wildman–Crippen MR) is 193 cm³/mol. The molecule has 14 atom stereocenters. The lowest BCUT2D eigenvalue weighted by Crippen LogP contribution is -2.47. The largest absolute Gasteiger partial charge is 0.466 e. The third-order valence-electron chi connectivity index (χ3n) is 7.83. The van der Waals surface area contributed by atoms with Crippen molar-refractivity contribution < 1.29 is 131 Å². The molecule has 0 aliphatic carbocycles. The molecule has 27 nitrogen and oxygen atoms in total. The molecule has 3 heterocycles. The lowest BCUT2D eigenvalue weighted by molar-refractivity contribution is -0.182. The van der Waals surface area contributed by atoms with Gasteiger partial charge in [0.15, 0.2) is 37.7 Å². The molecule has 0 amide bonds. The highest BCUT2D eigenvalue weighted by Crippen LogP contribution is 2.28. The van der Waals surface area contributed by atoms with Crippen molar-refractivity contribution in [1.29, 1.82) is 0 Å². The summed E-state index contributed by atoms with van der Waals surface area (Å²) in [6.07, 6.45) is -15.5. The van der Waals surface area contributed by atoms with Crippen LogP contribution in [0.3, 0.4) is 0 Å². The molecule has 3 aliphatic rings. The summed E-state index contributed by atoms with van der Waals surface area (Å²) in [5, 5.41) is 61.9. The van der Waals surface area contributed by atoms with Crippen LogP contribution in [0.4, 0.5) is 0 Å². The minimum Gasteiger partial charge on any atom is -0.466 e. The first-order chi connectivity index (χ1) is 28.9. The number of ketones is 1. The number of carbonyl (C=O) groups excluding carboxylic acids is 8. The van der Waals surface area contributed by atoms with Gasteiger partial charge in [0.25, 0.3) is 0 Å². The Morgan fingerprint density at radius 1 is 0.516 bits per heavy atom. The molecule has 0 saturated carbocycles. The molecule has 0 aromatic carbocycles. The molecule has 0 radical (unpaired) electrons. The van der Waals surface area contributed by atoms with Crippen LogP contribution in [-0.4, -0.2) is 217 Å². The van der Waals surface area contributed by atoms with Crippen LogP contribution < -0.4 is 0 Å². The molecule has 0 spiro atoms. The van der Waals surface area contributed by atoms with E-state index in [1.54, 1.807) is 0 Å². The van der Waals surface area contributed by atoms with Gasteiger partial charge in [-0.2, -0.15) is 0 Å². The Balaban J connectivity index is 0.000000837. The normalized spacial score (nSPS) is 29.2. The number of rotatable bonds is 15. The van der Waals surface area contributed by atoms with Crippen molar-refractivity contribution in [3.8, 4) is 0 Å². The second-order valence-electron chi connectivity index (χ2n) is 12.7. The summed E-state index contributed by atoms with van der Waals surface area (Å²) in [6.45, 7) is 5.13. The van der Waals surface area contributed by atoms with Crippen LogP contribution in [0.5, 0.6) is 0 Å². The first-order valence-electron chi connectivity index (χ1n) is 18.1. The highest BCUT2D eigenvalue weighted by molar-refractivity contribution is 5.94. The van der Waals surface area contributed by atoms with E-state index in [9.17, 15) is 38.4 Å². The van der Waals surface area contributed by atoms with E-state index in [1.807, 2.05) is 0 Å². The van der Waals surface area contributed by atoms with Gasteiger partial charge < -0.3 is 92.6 Å². The standard InChI is InChI=1S/C12H16O9.C12H18O8.C6H12O5.C5H10O5/c1-6(13)19-5-9(16)10(20-7(2)14)11(12(17)18-4)21-8(3)15;1-6(13)17-5-9-10(18-7(2)14)11(19-8(3)15)12(16-4)20-9;1-10-6-5(9)4(8)3(2-7)11-6;6-1-2-3(7)4(8)5(9)10-2/h10-11H,5H2,1-4H3;9-12H,5H2,1-4H3;3-9H,2H2,1H3;2-9H,1H2/t10-,11-;9?,10-,11-,12?;3?,4-,5-,6?;2?,3-,4-,5?/m1111/s1.